The summed E-state index contributed by atoms with van der Waals surface area (Å²) < 4.78 is 6.95. The number of benzene rings is 1. The minimum Gasteiger partial charge on any atom is -0.466 e. The van der Waals surface area contributed by atoms with Gasteiger partial charge in [-0.25, -0.2) is 4.98 Å². The number of nitrogens with zero attached hydrogens (tertiary/aromatic N) is 2. The fourth-order valence-corrected chi connectivity index (χ4v) is 3.39. The van der Waals surface area contributed by atoms with E-state index in [1.54, 1.807) is 13.3 Å². The molecule has 1 unspecified atom stereocenters. The number of imidazole rings is 1. The number of hydrogen-bond donors (Lipinski definition) is 0. The molecule has 2 heterocycles. The van der Waals surface area contributed by atoms with Crippen LogP contribution in [0.5, 0.6) is 0 Å². The number of carbonyl (C=O) groups excluding carboxylic acids is 2. The average molecular weight is 338 g/mol. The Morgan fingerprint density at radius 1 is 1.20 bits per heavy atom. The molecule has 0 bridgehead atoms. The predicted molar refractivity (Wildman–Crippen MR) is 95.7 cm³/mol. The zero-order chi connectivity index (χ0) is 17.8. The van der Waals surface area contributed by atoms with Crippen LogP contribution in [0.25, 0.3) is 11.1 Å². The zero-order valence-corrected chi connectivity index (χ0v) is 14.6. The Balaban J connectivity index is 1.79. The molecule has 2 aromatic rings. The van der Waals surface area contributed by atoms with E-state index in [0.717, 1.165) is 22.4 Å². The van der Waals surface area contributed by atoms with Crippen molar-refractivity contribution < 1.29 is 14.3 Å². The van der Waals surface area contributed by atoms with Gasteiger partial charge < -0.3 is 9.30 Å². The fraction of sp³-hybridized carbons (Fsp3) is 0.350. The molecule has 0 spiro atoms. The molecular weight excluding hydrogens is 316 g/mol. The van der Waals surface area contributed by atoms with Gasteiger partial charge in [0, 0.05) is 12.8 Å². The number of ether oxygens (including phenoxy) is 1. The van der Waals surface area contributed by atoms with Crippen LogP contribution in [0.15, 0.2) is 42.9 Å². The SMILES string of the molecule is CCOC(=O)CCC(=O)CC1C(c2ccccc2)=C(C)c2cncn21. The molecule has 0 N–H and O–H groups in total. The van der Waals surface area contributed by atoms with Crippen molar-refractivity contribution in [1.29, 1.82) is 0 Å². The fourth-order valence-electron chi connectivity index (χ4n) is 3.39. The lowest BCUT2D eigenvalue weighted by Gasteiger charge is -2.18. The number of Topliss-reactive ketones (excluding diaryl/α,β-unsaturated/α-hetero) is 1. The molecule has 3 rings (SSSR count). The Morgan fingerprint density at radius 2 is 1.96 bits per heavy atom. The van der Waals surface area contributed by atoms with Crippen LogP contribution in [0, 0.1) is 0 Å². The van der Waals surface area contributed by atoms with E-state index in [1.807, 2.05) is 24.4 Å². The van der Waals surface area contributed by atoms with Crippen molar-refractivity contribution in [2.24, 2.45) is 0 Å². The third-order valence-corrected chi connectivity index (χ3v) is 4.54. The van der Waals surface area contributed by atoms with Gasteiger partial charge in [0.2, 0.25) is 0 Å². The molecule has 1 aliphatic rings. The second-order valence-electron chi connectivity index (χ2n) is 6.15. The van der Waals surface area contributed by atoms with Gasteiger partial charge in [-0.2, -0.15) is 0 Å². The van der Waals surface area contributed by atoms with Crippen LogP contribution in [0.1, 0.15) is 50.4 Å². The second-order valence-corrected chi connectivity index (χ2v) is 6.15. The van der Waals surface area contributed by atoms with Gasteiger partial charge in [-0.3, -0.25) is 9.59 Å². The lowest BCUT2D eigenvalue weighted by atomic mass is 9.92. The van der Waals surface area contributed by atoms with Crippen LogP contribution in [0.3, 0.4) is 0 Å². The predicted octanol–water partition coefficient (Wildman–Crippen LogP) is 3.67. The number of hydrogen-bond acceptors (Lipinski definition) is 4. The van der Waals surface area contributed by atoms with Crippen LogP contribution < -0.4 is 0 Å². The minimum atomic E-state index is -0.319. The monoisotopic (exact) mass is 338 g/mol. The Hall–Kier alpha value is -2.69. The smallest absolute Gasteiger partial charge is 0.306 e. The molecule has 0 saturated heterocycles. The zero-order valence-electron chi connectivity index (χ0n) is 14.6. The van der Waals surface area contributed by atoms with Crippen molar-refractivity contribution in [2.45, 2.75) is 39.2 Å². The van der Waals surface area contributed by atoms with Gasteiger partial charge >= 0.3 is 5.97 Å². The van der Waals surface area contributed by atoms with Gasteiger partial charge in [0.05, 0.1) is 37.3 Å². The van der Waals surface area contributed by atoms with Crippen molar-refractivity contribution in [1.82, 2.24) is 9.55 Å². The number of allylic oxidation sites excluding steroid dienone is 2. The molecule has 0 radical (unpaired) electrons. The lowest BCUT2D eigenvalue weighted by Crippen LogP contribution is -2.14. The summed E-state index contributed by atoms with van der Waals surface area (Å²) in [6.45, 7) is 4.17. The highest BCUT2D eigenvalue weighted by Gasteiger charge is 2.31. The van der Waals surface area contributed by atoms with Gasteiger partial charge in [0.15, 0.2) is 0 Å². The van der Waals surface area contributed by atoms with Crippen molar-refractivity contribution >= 4 is 22.9 Å². The summed E-state index contributed by atoms with van der Waals surface area (Å²) >= 11 is 0. The molecule has 1 atom stereocenters. The topological polar surface area (TPSA) is 61.2 Å². The normalized spacial score (nSPS) is 16.0. The standard InChI is InChI=1S/C20H22N2O3/c1-3-25-19(24)10-9-16(23)11-17-20(15-7-5-4-6-8-15)14(2)18-12-21-13-22(17)18/h4-8,12-13,17H,3,9-11H2,1-2H3. The van der Waals surface area contributed by atoms with E-state index in [9.17, 15) is 9.59 Å². The Labute approximate surface area is 147 Å². The number of ketones is 1. The van der Waals surface area contributed by atoms with E-state index in [0.29, 0.717) is 13.0 Å². The minimum absolute atomic E-state index is 0.0563. The first-order chi connectivity index (χ1) is 12.1. The number of aromatic nitrogens is 2. The van der Waals surface area contributed by atoms with E-state index in [-0.39, 0.29) is 30.6 Å². The molecule has 1 aromatic carbocycles. The highest BCUT2D eigenvalue weighted by Crippen LogP contribution is 2.43. The van der Waals surface area contributed by atoms with Crippen LogP contribution >= 0.6 is 0 Å². The Morgan fingerprint density at radius 3 is 2.68 bits per heavy atom. The molecule has 25 heavy (non-hydrogen) atoms. The second kappa shape index (κ2) is 7.47. The molecule has 5 nitrogen and oxygen atoms in total. The summed E-state index contributed by atoms with van der Waals surface area (Å²) in [6.07, 6.45) is 4.31. The van der Waals surface area contributed by atoms with Crippen molar-refractivity contribution in [2.75, 3.05) is 6.61 Å². The third kappa shape index (κ3) is 3.55. The van der Waals surface area contributed by atoms with Crippen LogP contribution in [0.2, 0.25) is 0 Å². The van der Waals surface area contributed by atoms with Crippen molar-refractivity contribution in [3.05, 3.63) is 54.1 Å². The first kappa shape index (κ1) is 17.1. The number of esters is 1. The van der Waals surface area contributed by atoms with E-state index in [1.165, 1.54) is 0 Å². The summed E-state index contributed by atoms with van der Waals surface area (Å²) in [6, 6.07) is 10.0. The average Bonchev–Trinajstić information content (AvgIpc) is 3.18. The molecule has 0 amide bonds. The van der Waals surface area contributed by atoms with E-state index in [2.05, 4.69) is 28.6 Å². The van der Waals surface area contributed by atoms with Crippen LogP contribution in [-0.2, 0) is 14.3 Å². The number of carbonyl (C=O) groups is 2. The molecule has 0 saturated carbocycles. The maximum atomic E-state index is 12.5. The van der Waals surface area contributed by atoms with Gasteiger partial charge in [0.1, 0.15) is 5.78 Å². The lowest BCUT2D eigenvalue weighted by molar-refractivity contribution is -0.144. The van der Waals surface area contributed by atoms with Gasteiger partial charge in [-0.1, -0.05) is 30.3 Å². The van der Waals surface area contributed by atoms with Gasteiger partial charge in [-0.05, 0) is 30.6 Å². The van der Waals surface area contributed by atoms with Gasteiger partial charge in [0.25, 0.3) is 0 Å². The largest absolute Gasteiger partial charge is 0.466 e. The van der Waals surface area contributed by atoms with Crippen LogP contribution in [0.4, 0.5) is 0 Å². The van der Waals surface area contributed by atoms with E-state index < -0.39 is 0 Å². The molecule has 1 aromatic heterocycles. The molecular formula is C20H22N2O3. The summed E-state index contributed by atoms with van der Waals surface area (Å²) in [5, 5.41) is 0. The maximum Gasteiger partial charge on any atom is 0.306 e. The molecule has 0 fully saturated rings. The first-order valence-corrected chi connectivity index (χ1v) is 8.57. The van der Waals surface area contributed by atoms with Crippen molar-refractivity contribution in [3.8, 4) is 0 Å². The molecule has 1 aliphatic heterocycles. The van der Waals surface area contributed by atoms with E-state index in [4.69, 9.17) is 4.74 Å². The van der Waals surface area contributed by atoms with E-state index >= 15 is 0 Å². The molecule has 5 heteroatoms. The van der Waals surface area contributed by atoms with Gasteiger partial charge in [-0.15, -0.1) is 0 Å². The molecule has 130 valence electrons. The quantitative estimate of drug-likeness (QED) is 0.723. The third-order valence-electron chi connectivity index (χ3n) is 4.54. The molecule has 0 aliphatic carbocycles. The highest BCUT2D eigenvalue weighted by atomic mass is 16.5. The Bertz CT molecular complexity index is 805. The summed E-state index contributed by atoms with van der Waals surface area (Å²) in [4.78, 5) is 28.2. The first-order valence-electron chi connectivity index (χ1n) is 8.57. The summed E-state index contributed by atoms with van der Waals surface area (Å²) in [5.41, 5.74) is 4.46. The summed E-state index contributed by atoms with van der Waals surface area (Å²) in [5.74, 6) is -0.263. The number of rotatable bonds is 7. The van der Waals surface area contributed by atoms with Crippen molar-refractivity contribution in [3.63, 3.8) is 0 Å². The Kier molecular flexibility index (Phi) is 5.12. The van der Waals surface area contributed by atoms with Crippen LogP contribution in [-0.4, -0.2) is 27.9 Å². The maximum absolute atomic E-state index is 12.5. The highest BCUT2D eigenvalue weighted by molar-refractivity contribution is 5.96. The number of fused-ring (bicyclic) bond motifs is 1. The summed E-state index contributed by atoms with van der Waals surface area (Å²) in [7, 11) is 0.